The number of hydrogen-bond acceptors (Lipinski definition) is 3. The molecule has 0 aliphatic carbocycles. The summed E-state index contributed by atoms with van der Waals surface area (Å²) in [5.74, 6) is 0. The van der Waals surface area contributed by atoms with Crippen molar-refractivity contribution in [1.29, 1.82) is 0 Å². The van der Waals surface area contributed by atoms with E-state index in [0.29, 0.717) is 0 Å². The van der Waals surface area contributed by atoms with Gasteiger partial charge in [0.05, 0.1) is 0 Å². The zero-order chi connectivity index (χ0) is 13.1. The lowest BCUT2D eigenvalue weighted by atomic mass is 9.99. The van der Waals surface area contributed by atoms with Crippen molar-refractivity contribution in [3.05, 3.63) is 29.8 Å². The Morgan fingerprint density at radius 3 is 2.74 bits per heavy atom. The molecular weight excluding hydrogens is 234 g/mol. The highest BCUT2D eigenvalue weighted by molar-refractivity contribution is 5.43. The first-order valence-corrected chi connectivity index (χ1v) is 7.58. The highest BCUT2D eigenvalue weighted by Gasteiger charge is 2.28. The summed E-state index contributed by atoms with van der Waals surface area (Å²) in [6.45, 7) is 6.18. The third-order valence-corrected chi connectivity index (χ3v) is 4.57. The number of nitrogens with zero attached hydrogens (tertiary/aromatic N) is 2. The summed E-state index contributed by atoms with van der Waals surface area (Å²) in [5, 5.41) is 3.17. The maximum atomic E-state index is 3.17. The molecule has 0 amide bonds. The van der Waals surface area contributed by atoms with E-state index in [9.17, 15) is 0 Å². The third kappa shape index (κ3) is 3.10. The van der Waals surface area contributed by atoms with E-state index in [2.05, 4.69) is 39.4 Å². The predicted molar refractivity (Wildman–Crippen MR) is 80.5 cm³/mol. The molecule has 3 rings (SSSR count). The van der Waals surface area contributed by atoms with Gasteiger partial charge in [0.25, 0.3) is 0 Å². The summed E-state index contributed by atoms with van der Waals surface area (Å²) in [4.78, 5) is 5.32. The number of rotatable bonds is 3. The number of anilines is 1. The van der Waals surface area contributed by atoms with E-state index < -0.39 is 0 Å². The second-order valence-corrected chi connectivity index (χ2v) is 5.87. The number of piperazine rings is 1. The van der Waals surface area contributed by atoms with Gasteiger partial charge in [0.15, 0.2) is 0 Å². The van der Waals surface area contributed by atoms with Crippen LogP contribution in [0.2, 0.25) is 0 Å². The molecule has 104 valence electrons. The van der Waals surface area contributed by atoms with Crippen molar-refractivity contribution in [3.63, 3.8) is 0 Å². The largest absolute Gasteiger partial charge is 0.388 e. The third-order valence-electron chi connectivity index (χ3n) is 4.57. The zero-order valence-corrected chi connectivity index (χ0v) is 11.9. The quantitative estimate of drug-likeness (QED) is 0.899. The Morgan fingerprint density at radius 1 is 1.11 bits per heavy atom. The number of nitrogens with one attached hydrogen (secondary N) is 1. The van der Waals surface area contributed by atoms with Gasteiger partial charge in [-0.1, -0.05) is 18.6 Å². The van der Waals surface area contributed by atoms with Crippen molar-refractivity contribution in [3.8, 4) is 0 Å². The molecule has 0 bridgehead atoms. The summed E-state index contributed by atoms with van der Waals surface area (Å²) >= 11 is 0. The van der Waals surface area contributed by atoms with E-state index in [1.54, 1.807) is 0 Å². The van der Waals surface area contributed by atoms with Gasteiger partial charge in [0.2, 0.25) is 0 Å². The molecule has 0 saturated carbocycles. The van der Waals surface area contributed by atoms with Gasteiger partial charge in [0, 0.05) is 45.0 Å². The fourth-order valence-electron chi connectivity index (χ4n) is 3.40. The van der Waals surface area contributed by atoms with Gasteiger partial charge in [0.1, 0.15) is 0 Å². The number of hydrogen-bond donors (Lipinski definition) is 1. The van der Waals surface area contributed by atoms with Crippen LogP contribution in [0.1, 0.15) is 24.8 Å². The van der Waals surface area contributed by atoms with Gasteiger partial charge in [-0.2, -0.15) is 0 Å². The average Bonchev–Trinajstić information content (AvgIpc) is 2.48. The Hall–Kier alpha value is -1.06. The first kappa shape index (κ1) is 12.9. The Labute approximate surface area is 116 Å². The molecule has 0 spiro atoms. The number of piperidine rings is 1. The monoisotopic (exact) mass is 259 g/mol. The molecule has 19 heavy (non-hydrogen) atoms. The standard InChI is InChI=1S/C16H25N3/c1-17-15-7-5-14(6-8-15)12-18-10-11-19-9-3-2-4-16(19)13-18/h5-8,16-17H,2-4,9-13H2,1H3. The van der Waals surface area contributed by atoms with Gasteiger partial charge < -0.3 is 5.32 Å². The lowest BCUT2D eigenvalue weighted by Gasteiger charge is -2.44. The maximum Gasteiger partial charge on any atom is 0.0337 e. The van der Waals surface area contributed by atoms with Crippen LogP contribution in [0.3, 0.4) is 0 Å². The molecule has 1 aromatic rings. The van der Waals surface area contributed by atoms with Crippen LogP contribution < -0.4 is 5.32 Å². The van der Waals surface area contributed by atoms with Gasteiger partial charge in [-0.15, -0.1) is 0 Å². The summed E-state index contributed by atoms with van der Waals surface area (Å²) in [6, 6.07) is 9.66. The van der Waals surface area contributed by atoms with Crippen molar-refractivity contribution in [2.75, 3.05) is 38.5 Å². The van der Waals surface area contributed by atoms with E-state index in [4.69, 9.17) is 0 Å². The minimum atomic E-state index is 0.819. The van der Waals surface area contributed by atoms with Gasteiger partial charge in [-0.25, -0.2) is 0 Å². The summed E-state index contributed by atoms with van der Waals surface area (Å²) in [5.41, 5.74) is 2.63. The Morgan fingerprint density at radius 2 is 1.95 bits per heavy atom. The summed E-state index contributed by atoms with van der Waals surface area (Å²) in [7, 11) is 1.97. The van der Waals surface area contributed by atoms with Crippen molar-refractivity contribution in [1.82, 2.24) is 9.80 Å². The minimum Gasteiger partial charge on any atom is -0.388 e. The fourth-order valence-corrected chi connectivity index (χ4v) is 3.40. The SMILES string of the molecule is CNc1ccc(CN2CCN3CCCCC3C2)cc1. The Balaban J connectivity index is 1.57. The molecular formula is C16H25N3. The first-order chi connectivity index (χ1) is 9.35. The van der Waals surface area contributed by atoms with Crippen LogP contribution >= 0.6 is 0 Å². The van der Waals surface area contributed by atoms with Gasteiger partial charge in [-0.05, 0) is 37.1 Å². The molecule has 2 saturated heterocycles. The van der Waals surface area contributed by atoms with E-state index in [-0.39, 0.29) is 0 Å². The zero-order valence-electron chi connectivity index (χ0n) is 11.9. The van der Waals surface area contributed by atoms with E-state index in [1.165, 1.54) is 56.7 Å². The van der Waals surface area contributed by atoms with Crippen LogP contribution in [0.5, 0.6) is 0 Å². The molecule has 3 nitrogen and oxygen atoms in total. The van der Waals surface area contributed by atoms with Crippen molar-refractivity contribution in [2.45, 2.75) is 31.8 Å². The molecule has 2 aliphatic heterocycles. The second kappa shape index (κ2) is 5.93. The smallest absolute Gasteiger partial charge is 0.0337 e. The topological polar surface area (TPSA) is 18.5 Å². The molecule has 1 aromatic carbocycles. The Kier molecular flexibility index (Phi) is 4.04. The molecule has 3 heteroatoms. The van der Waals surface area contributed by atoms with Crippen LogP contribution in [0.25, 0.3) is 0 Å². The summed E-state index contributed by atoms with van der Waals surface area (Å²) < 4.78 is 0. The second-order valence-electron chi connectivity index (χ2n) is 5.87. The molecule has 1 unspecified atom stereocenters. The van der Waals surface area contributed by atoms with Crippen molar-refractivity contribution in [2.24, 2.45) is 0 Å². The predicted octanol–water partition coefficient (Wildman–Crippen LogP) is 2.40. The number of benzene rings is 1. The molecule has 2 fully saturated rings. The number of fused-ring (bicyclic) bond motifs is 1. The van der Waals surface area contributed by atoms with Crippen molar-refractivity contribution < 1.29 is 0 Å². The van der Waals surface area contributed by atoms with E-state index >= 15 is 0 Å². The van der Waals surface area contributed by atoms with Crippen LogP contribution in [0, 0.1) is 0 Å². The molecule has 0 aromatic heterocycles. The lowest BCUT2D eigenvalue weighted by molar-refractivity contribution is 0.0457. The van der Waals surface area contributed by atoms with Crippen LogP contribution in [-0.2, 0) is 6.54 Å². The highest BCUT2D eigenvalue weighted by atomic mass is 15.3. The first-order valence-electron chi connectivity index (χ1n) is 7.58. The van der Waals surface area contributed by atoms with Crippen LogP contribution in [0.15, 0.2) is 24.3 Å². The highest BCUT2D eigenvalue weighted by Crippen LogP contribution is 2.22. The van der Waals surface area contributed by atoms with Gasteiger partial charge >= 0.3 is 0 Å². The summed E-state index contributed by atoms with van der Waals surface area (Å²) in [6.07, 6.45) is 4.23. The maximum absolute atomic E-state index is 3.17. The molecule has 2 aliphatic rings. The molecule has 1 atom stereocenters. The van der Waals surface area contributed by atoms with Crippen LogP contribution in [0.4, 0.5) is 5.69 Å². The fraction of sp³-hybridized carbons (Fsp3) is 0.625. The molecule has 1 N–H and O–H groups in total. The normalized spacial score (nSPS) is 25.0. The van der Waals surface area contributed by atoms with Gasteiger partial charge in [-0.3, -0.25) is 9.80 Å². The van der Waals surface area contributed by atoms with Crippen molar-refractivity contribution >= 4 is 5.69 Å². The minimum absolute atomic E-state index is 0.819. The molecule has 2 heterocycles. The van der Waals surface area contributed by atoms with Crippen LogP contribution in [-0.4, -0.2) is 49.1 Å². The lowest BCUT2D eigenvalue weighted by Crippen LogP contribution is -2.54. The molecule has 0 radical (unpaired) electrons. The Bertz CT molecular complexity index is 401. The average molecular weight is 259 g/mol. The van der Waals surface area contributed by atoms with E-state index in [1.807, 2.05) is 7.05 Å². The van der Waals surface area contributed by atoms with E-state index in [0.717, 1.165) is 12.6 Å².